The van der Waals surface area contributed by atoms with Gasteiger partial charge in [-0.05, 0) is 18.6 Å². The quantitative estimate of drug-likeness (QED) is 0.643. The first-order valence-corrected chi connectivity index (χ1v) is 7.29. The Hall–Kier alpha value is -0.870. The molecule has 1 aromatic carbocycles. The Morgan fingerprint density at radius 2 is 2.00 bits per heavy atom. The SMILES string of the molecule is Nc1ccccc1OCCCN1CCSCC1. The van der Waals surface area contributed by atoms with Crippen LogP contribution in [0.5, 0.6) is 5.75 Å². The zero-order valence-electron chi connectivity index (χ0n) is 10.1. The van der Waals surface area contributed by atoms with Gasteiger partial charge < -0.3 is 15.4 Å². The monoisotopic (exact) mass is 252 g/mol. The molecule has 0 atom stereocenters. The van der Waals surface area contributed by atoms with Gasteiger partial charge in [0, 0.05) is 31.1 Å². The summed E-state index contributed by atoms with van der Waals surface area (Å²) >= 11 is 2.05. The lowest BCUT2D eigenvalue weighted by molar-refractivity contribution is 0.249. The van der Waals surface area contributed by atoms with E-state index in [1.807, 2.05) is 36.0 Å². The fraction of sp³-hybridized carbons (Fsp3) is 0.538. The summed E-state index contributed by atoms with van der Waals surface area (Å²) in [4.78, 5) is 2.51. The molecule has 0 radical (unpaired) electrons. The van der Waals surface area contributed by atoms with Crippen LogP contribution in [-0.4, -0.2) is 42.6 Å². The van der Waals surface area contributed by atoms with E-state index in [9.17, 15) is 0 Å². The normalized spacial score (nSPS) is 16.9. The third-order valence-electron chi connectivity index (χ3n) is 2.90. The van der Waals surface area contributed by atoms with E-state index in [0.717, 1.165) is 31.0 Å². The maximum atomic E-state index is 5.81. The summed E-state index contributed by atoms with van der Waals surface area (Å²) in [6.45, 7) is 4.32. The minimum absolute atomic E-state index is 0.724. The van der Waals surface area contributed by atoms with Crippen molar-refractivity contribution < 1.29 is 4.74 Å². The average Bonchev–Trinajstić information content (AvgIpc) is 2.38. The van der Waals surface area contributed by atoms with Gasteiger partial charge in [-0.2, -0.15) is 11.8 Å². The topological polar surface area (TPSA) is 38.5 Å². The Labute approximate surface area is 107 Å². The van der Waals surface area contributed by atoms with E-state index in [1.54, 1.807) is 0 Å². The van der Waals surface area contributed by atoms with Gasteiger partial charge in [-0.1, -0.05) is 12.1 Å². The van der Waals surface area contributed by atoms with Gasteiger partial charge in [0.05, 0.1) is 12.3 Å². The van der Waals surface area contributed by atoms with Crippen LogP contribution in [0.4, 0.5) is 5.69 Å². The van der Waals surface area contributed by atoms with Gasteiger partial charge in [-0.25, -0.2) is 0 Å². The zero-order chi connectivity index (χ0) is 11.9. The van der Waals surface area contributed by atoms with E-state index >= 15 is 0 Å². The lowest BCUT2D eigenvalue weighted by atomic mass is 10.3. The van der Waals surface area contributed by atoms with Gasteiger partial charge in [-0.15, -0.1) is 0 Å². The smallest absolute Gasteiger partial charge is 0.142 e. The summed E-state index contributed by atoms with van der Waals surface area (Å²) in [5, 5.41) is 0. The van der Waals surface area contributed by atoms with Crippen LogP contribution in [0.3, 0.4) is 0 Å². The molecule has 2 N–H and O–H groups in total. The van der Waals surface area contributed by atoms with Crippen molar-refractivity contribution in [2.24, 2.45) is 0 Å². The summed E-state index contributed by atoms with van der Waals surface area (Å²) in [6.07, 6.45) is 1.07. The van der Waals surface area contributed by atoms with Gasteiger partial charge in [-0.3, -0.25) is 0 Å². The minimum Gasteiger partial charge on any atom is -0.491 e. The number of para-hydroxylation sites is 2. The Bertz CT molecular complexity index is 340. The molecule has 17 heavy (non-hydrogen) atoms. The number of hydrogen-bond acceptors (Lipinski definition) is 4. The second-order valence-electron chi connectivity index (χ2n) is 4.19. The molecule has 1 aromatic rings. The van der Waals surface area contributed by atoms with Gasteiger partial charge in [0.25, 0.3) is 0 Å². The highest BCUT2D eigenvalue weighted by Crippen LogP contribution is 2.19. The van der Waals surface area contributed by atoms with Gasteiger partial charge in [0.2, 0.25) is 0 Å². The van der Waals surface area contributed by atoms with Crippen LogP contribution in [0, 0.1) is 0 Å². The van der Waals surface area contributed by atoms with E-state index in [4.69, 9.17) is 10.5 Å². The molecule has 1 aliphatic rings. The summed E-state index contributed by atoms with van der Waals surface area (Å²) in [5.74, 6) is 3.35. The van der Waals surface area contributed by atoms with Crippen molar-refractivity contribution in [3.63, 3.8) is 0 Å². The van der Waals surface area contributed by atoms with E-state index in [1.165, 1.54) is 24.6 Å². The first-order valence-electron chi connectivity index (χ1n) is 6.13. The number of thioether (sulfide) groups is 1. The molecule has 1 saturated heterocycles. The molecule has 94 valence electrons. The highest BCUT2D eigenvalue weighted by atomic mass is 32.2. The average molecular weight is 252 g/mol. The number of rotatable bonds is 5. The van der Waals surface area contributed by atoms with Crippen molar-refractivity contribution in [1.82, 2.24) is 4.90 Å². The number of ether oxygens (including phenoxy) is 1. The molecule has 0 bridgehead atoms. The molecule has 0 aromatic heterocycles. The summed E-state index contributed by atoms with van der Waals surface area (Å²) < 4.78 is 5.67. The van der Waals surface area contributed by atoms with Crippen LogP contribution in [0.15, 0.2) is 24.3 Å². The molecule has 1 heterocycles. The van der Waals surface area contributed by atoms with E-state index in [-0.39, 0.29) is 0 Å². The highest BCUT2D eigenvalue weighted by Gasteiger charge is 2.09. The predicted molar refractivity (Wildman–Crippen MR) is 74.7 cm³/mol. The molecule has 2 rings (SSSR count). The number of nitrogen functional groups attached to an aromatic ring is 1. The van der Waals surface area contributed by atoms with Crippen molar-refractivity contribution in [3.8, 4) is 5.75 Å². The first-order chi connectivity index (χ1) is 8.36. The lowest BCUT2D eigenvalue weighted by Gasteiger charge is -2.25. The van der Waals surface area contributed by atoms with Crippen LogP contribution in [-0.2, 0) is 0 Å². The molecular formula is C13H20N2OS. The Morgan fingerprint density at radius 1 is 1.24 bits per heavy atom. The molecule has 4 heteroatoms. The van der Waals surface area contributed by atoms with Gasteiger partial charge in [0.1, 0.15) is 5.75 Å². The fourth-order valence-corrected chi connectivity index (χ4v) is 2.89. The Balaban J connectivity index is 1.64. The van der Waals surface area contributed by atoms with Crippen LogP contribution in [0.25, 0.3) is 0 Å². The summed E-state index contributed by atoms with van der Waals surface area (Å²) in [6, 6.07) is 7.67. The molecule has 0 amide bonds. The summed E-state index contributed by atoms with van der Waals surface area (Å²) in [5.41, 5.74) is 6.53. The zero-order valence-corrected chi connectivity index (χ0v) is 10.9. The van der Waals surface area contributed by atoms with Gasteiger partial charge >= 0.3 is 0 Å². The van der Waals surface area contributed by atoms with Crippen molar-refractivity contribution in [2.75, 3.05) is 43.5 Å². The number of hydrogen-bond donors (Lipinski definition) is 1. The molecule has 1 fully saturated rings. The third kappa shape index (κ3) is 4.13. The second kappa shape index (κ2) is 6.77. The largest absolute Gasteiger partial charge is 0.491 e. The van der Waals surface area contributed by atoms with Crippen molar-refractivity contribution in [1.29, 1.82) is 0 Å². The molecule has 0 unspecified atom stereocenters. The minimum atomic E-state index is 0.724. The number of anilines is 1. The maximum absolute atomic E-state index is 5.81. The predicted octanol–water partition coefficient (Wildman–Crippen LogP) is 2.09. The first kappa shape index (κ1) is 12.6. The van der Waals surface area contributed by atoms with Crippen LogP contribution in [0.2, 0.25) is 0 Å². The second-order valence-corrected chi connectivity index (χ2v) is 5.42. The van der Waals surface area contributed by atoms with Crippen molar-refractivity contribution in [2.45, 2.75) is 6.42 Å². The highest BCUT2D eigenvalue weighted by molar-refractivity contribution is 7.99. The standard InChI is InChI=1S/C13H20N2OS/c14-12-4-1-2-5-13(12)16-9-3-6-15-7-10-17-11-8-15/h1-2,4-5H,3,6-11,14H2. The van der Waals surface area contributed by atoms with Gasteiger partial charge in [0.15, 0.2) is 0 Å². The van der Waals surface area contributed by atoms with Crippen LogP contribution < -0.4 is 10.5 Å². The molecular weight excluding hydrogens is 232 g/mol. The molecule has 0 saturated carbocycles. The lowest BCUT2D eigenvalue weighted by Crippen LogP contribution is -2.33. The Kier molecular flexibility index (Phi) is 5.01. The number of nitrogens with zero attached hydrogens (tertiary/aromatic N) is 1. The van der Waals surface area contributed by atoms with Crippen LogP contribution >= 0.6 is 11.8 Å². The van der Waals surface area contributed by atoms with Crippen LogP contribution in [0.1, 0.15) is 6.42 Å². The molecule has 0 spiro atoms. The molecule has 0 aliphatic carbocycles. The third-order valence-corrected chi connectivity index (χ3v) is 3.84. The van der Waals surface area contributed by atoms with Crippen molar-refractivity contribution >= 4 is 17.4 Å². The van der Waals surface area contributed by atoms with E-state index in [2.05, 4.69) is 4.90 Å². The summed E-state index contributed by atoms with van der Waals surface area (Å²) in [7, 11) is 0. The van der Waals surface area contributed by atoms with E-state index in [0.29, 0.717) is 0 Å². The number of benzene rings is 1. The van der Waals surface area contributed by atoms with Crippen molar-refractivity contribution in [3.05, 3.63) is 24.3 Å². The Morgan fingerprint density at radius 3 is 2.76 bits per heavy atom. The number of nitrogens with two attached hydrogens (primary N) is 1. The maximum Gasteiger partial charge on any atom is 0.142 e. The fourth-order valence-electron chi connectivity index (χ4n) is 1.91. The molecule has 1 aliphatic heterocycles. The molecule has 3 nitrogen and oxygen atoms in total. The van der Waals surface area contributed by atoms with E-state index < -0.39 is 0 Å².